The van der Waals surface area contributed by atoms with Crippen molar-refractivity contribution in [3.05, 3.63) is 29.3 Å². The zero-order chi connectivity index (χ0) is 15.6. The van der Waals surface area contributed by atoms with Crippen LogP contribution in [0.25, 0.3) is 0 Å². The van der Waals surface area contributed by atoms with E-state index in [4.69, 9.17) is 10.2 Å². The fourth-order valence-corrected chi connectivity index (χ4v) is 4.37. The van der Waals surface area contributed by atoms with Crippen LogP contribution in [-0.4, -0.2) is 48.6 Å². The normalized spacial score (nSPS) is 19.8. The molecule has 1 aromatic carbocycles. The lowest BCUT2D eigenvalue weighted by Crippen LogP contribution is -2.30. The second-order valence-electron chi connectivity index (χ2n) is 5.18. The Bertz CT molecular complexity index is 641. The van der Waals surface area contributed by atoms with E-state index in [1.54, 1.807) is 6.07 Å². The quantitative estimate of drug-likeness (QED) is 0.844. The van der Waals surface area contributed by atoms with Crippen molar-refractivity contribution in [1.82, 2.24) is 4.31 Å². The van der Waals surface area contributed by atoms with Gasteiger partial charge in [-0.2, -0.15) is 4.31 Å². The molecule has 1 aromatic rings. The number of aliphatic hydroxyl groups excluding tert-OH is 1. The first kappa shape index (κ1) is 15.9. The van der Waals surface area contributed by atoms with Gasteiger partial charge in [-0.05, 0) is 36.5 Å². The monoisotopic (exact) mass is 313 g/mol. The number of rotatable bonds is 5. The topological polar surface area (TPSA) is 94.9 Å². The molecule has 1 unspecified atom stereocenters. The number of hydrogen-bond acceptors (Lipinski definition) is 4. The van der Waals surface area contributed by atoms with Crippen LogP contribution in [0.15, 0.2) is 23.1 Å². The molecule has 2 N–H and O–H groups in total. The van der Waals surface area contributed by atoms with E-state index in [0.29, 0.717) is 24.9 Å². The molecule has 7 heteroatoms. The van der Waals surface area contributed by atoms with Gasteiger partial charge in [-0.1, -0.05) is 13.0 Å². The van der Waals surface area contributed by atoms with Crippen molar-refractivity contribution in [3.8, 4) is 0 Å². The molecule has 116 valence electrons. The van der Waals surface area contributed by atoms with E-state index < -0.39 is 16.0 Å². The highest BCUT2D eigenvalue weighted by Gasteiger charge is 2.33. The number of benzene rings is 1. The first-order chi connectivity index (χ1) is 9.90. The molecule has 1 aliphatic heterocycles. The Morgan fingerprint density at radius 2 is 2.14 bits per heavy atom. The number of carboxylic acid groups (broad SMARTS) is 1. The van der Waals surface area contributed by atoms with E-state index in [2.05, 4.69) is 0 Å². The predicted molar refractivity (Wildman–Crippen MR) is 76.7 cm³/mol. The Morgan fingerprint density at radius 3 is 2.67 bits per heavy atom. The molecule has 2 rings (SSSR count). The average Bonchev–Trinajstić information content (AvgIpc) is 2.96. The van der Waals surface area contributed by atoms with Gasteiger partial charge < -0.3 is 10.2 Å². The molecule has 0 amide bonds. The van der Waals surface area contributed by atoms with Crippen LogP contribution < -0.4 is 0 Å². The summed E-state index contributed by atoms with van der Waals surface area (Å²) < 4.78 is 26.7. The van der Waals surface area contributed by atoms with Crippen molar-refractivity contribution in [2.24, 2.45) is 5.92 Å². The summed E-state index contributed by atoms with van der Waals surface area (Å²) in [4.78, 5) is 11.1. The summed E-state index contributed by atoms with van der Waals surface area (Å²) in [7, 11) is -3.72. The molecule has 1 heterocycles. The molecule has 0 aliphatic carbocycles. The molecule has 1 fully saturated rings. The fraction of sp³-hybridized carbons (Fsp3) is 0.500. The van der Waals surface area contributed by atoms with Crippen molar-refractivity contribution < 1.29 is 23.4 Å². The highest BCUT2D eigenvalue weighted by Crippen LogP contribution is 2.27. The lowest BCUT2D eigenvalue weighted by Gasteiger charge is -2.18. The molecule has 1 atom stereocenters. The van der Waals surface area contributed by atoms with E-state index in [1.807, 2.05) is 6.92 Å². The molecule has 1 aliphatic rings. The highest BCUT2D eigenvalue weighted by atomic mass is 32.2. The molecule has 1 saturated heterocycles. The molecule has 0 bridgehead atoms. The third kappa shape index (κ3) is 3.09. The van der Waals surface area contributed by atoms with Crippen LogP contribution in [-0.2, 0) is 16.4 Å². The first-order valence-electron chi connectivity index (χ1n) is 6.87. The van der Waals surface area contributed by atoms with Gasteiger partial charge in [0.15, 0.2) is 0 Å². The number of carboxylic acids is 1. The Labute approximate surface area is 124 Å². The predicted octanol–water partition coefficient (Wildman–Crippen LogP) is 0.950. The number of hydrogen-bond donors (Lipinski definition) is 2. The van der Waals surface area contributed by atoms with Gasteiger partial charge in [0.2, 0.25) is 10.0 Å². The maximum absolute atomic E-state index is 12.7. The number of aromatic carboxylic acids is 1. The molecule has 0 saturated carbocycles. The van der Waals surface area contributed by atoms with E-state index in [9.17, 15) is 13.2 Å². The van der Waals surface area contributed by atoms with Gasteiger partial charge in [0.05, 0.1) is 10.5 Å². The van der Waals surface area contributed by atoms with Gasteiger partial charge in [0, 0.05) is 19.7 Å². The lowest BCUT2D eigenvalue weighted by atomic mass is 10.1. The minimum absolute atomic E-state index is 0.0383. The van der Waals surface area contributed by atoms with Gasteiger partial charge >= 0.3 is 5.97 Å². The number of aliphatic hydroxyl groups is 1. The molecular formula is C14H19NO5S. The third-order valence-corrected chi connectivity index (χ3v) is 5.77. The van der Waals surface area contributed by atoms with Gasteiger partial charge in [-0.25, -0.2) is 13.2 Å². The maximum atomic E-state index is 12.7. The molecule has 0 radical (unpaired) electrons. The lowest BCUT2D eigenvalue weighted by molar-refractivity contribution is 0.0696. The Kier molecular flexibility index (Phi) is 4.65. The van der Waals surface area contributed by atoms with Crippen molar-refractivity contribution in [2.75, 3.05) is 19.7 Å². The molecule has 0 spiro atoms. The smallest absolute Gasteiger partial charge is 0.335 e. The highest BCUT2D eigenvalue weighted by molar-refractivity contribution is 7.89. The first-order valence-corrected chi connectivity index (χ1v) is 8.31. The summed E-state index contributed by atoms with van der Waals surface area (Å²) in [5.74, 6) is -1.20. The van der Waals surface area contributed by atoms with Crippen LogP contribution in [0.2, 0.25) is 0 Å². The summed E-state index contributed by atoms with van der Waals surface area (Å²) in [5.41, 5.74) is 0.566. The minimum atomic E-state index is -3.72. The molecule has 6 nitrogen and oxygen atoms in total. The van der Waals surface area contributed by atoms with Crippen LogP contribution in [0.1, 0.15) is 29.3 Å². The van der Waals surface area contributed by atoms with Crippen LogP contribution in [0.3, 0.4) is 0 Å². The third-order valence-electron chi connectivity index (χ3n) is 3.82. The summed E-state index contributed by atoms with van der Waals surface area (Å²) >= 11 is 0. The largest absolute Gasteiger partial charge is 0.478 e. The summed E-state index contributed by atoms with van der Waals surface area (Å²) in [5, 5.41) is 18.2. The summed E-state index contributed by atoms with van der Waals surface area (Å²) in [6, 6.07) is 4.19. The number of aryl methyl sites for hydroxylation is 1. The Balaban J connectivity index is 2.43. The standard InChI is InChI=1S/C14H19NO5S/c1-2-11-3-4-12(14(17)18)7-13(11)21(19,20)15-6-5-10(8-15)9-16/h3-4,7,10,16H,2,5-6,8-9H2,1H3,(H,17,18). The van der Waals surface area contributed by atoms with Crippen molar-refractivity contribution in [3.63, 3.8) is 0 Å². The second kappa shape index (κ2) is 6.13. The van der Waals surface area contributed by atoms with Crippen LogP contribution in [0, 0.1) is 5.92 Å². The van der Waals surface area contributed by atoms with E-state index in [0.717, 1.165) is 0 Å². The van der Waals surface area contributed by atoms with Crippen molar-refractivity contribution in [1.29, 1.82) is 0 Å². The number of carbonyl (C=O) groups is 1. The second-order valence-corrected chi connectivity index (χ2v) is 7.09. The summed E-state index contributed by atoms with van der Waals surface area (Å²) in [6.07, 6.45) is 1.13. The van der Waals surface area contributed by atoms with Crippen LogP contribution >= 0.6 is 0 Å². The average molecular weight is 313 g/mol. The maximum Gasteiger partial charge on any atom is 0.335 e. The van der Waals surface area contributed by atoms with E-state index in [1.165, 1.54) is 16.4 Å². The minimum Gasteiger partial charge on any atom is -0.478 e. The van der Waals surface area contributed by atoms with Gasteiger partial charge in [0.25, 0.3) is 0 Å². The zero-order valence-electron chi connectivity index (χ0n) is 11.8. The zero-order valence-corrected chi connectivity index (χ0v) is 12.6. The SMILES string of the molecule is CCc1ccc(C(=O)O)cc1S(=O)(=O)N1CCC(CO)C1. The Hall–Kier alpha value is -1.44. The van der Waals surface area contributed by atoms with Crippen molar-refractivity contribution >= 4 is 16.0 Å². The number of sulfonamides is 1. The Morgan fingerprint density at radius 1 is 1.43 bits per heavy atom. The van der Waals surface area contributed by atoms with Gasteiger partial charge in [-0.3, -0.25) is 0 Å². The van der Waals surface area contributed by atoms with Gasteiger partial charge in [-0.15, -0.1) is 0 Å². The van der Waals surface area contributed by atoms with E-state index >= 15 is 0 Å². The van der Waals surface area contributed by atoms with E-state index in [-0.39, 0.29) is 29.5 Å². The number of nitrogens with zero attached hydrogens (tertiary/aromatic N) is 1. The molecule has 21 heavy (non-hydrogen) atoms. The van der Waals surface area contributed by atoms with Crippen LogP contribution in [0.5, 0.6) is 0 Å². The summed E-state index contributed by atoms with van der Waals surface area (Å²) in [6.45, 7) is 2.42. The molecular weight excluding hydrogens is 294 g/mol. The van der Waals surface area contributed by atoms with Gasteiger partial charge in [0.1, 0.15) is 0 Å². The van der Waals surface area contributed by atoms with Crippen molar-refractivity contribution in [2.45, 2.75) is 24.7 Å². The molecule has 0 aromatic heterocycles. The van der Waals surface area contributed by atoms with Crippen LogP contribution in [0.4, 0.5) is 0 Å². The fourth-order valence-electron chi connectivity index (χ4n) is 2.52.